The van der Waals surface area contributed by atoms with Crippen molar-refractivity contribution in [1.82, 2.24) is 14.9 Å². The summed E-state index contributed by atoms with van der Waals surface area (Å²) in [5, 5.41) is 5.19. The van der Waals surface area contributed by atoms with E-state index in [4.69, 9.17) is 0 Å². The van der Waals surface area contributed by atoms with Crippen LogP contribution in [0.4, 0.5) is 0 Å². The molecule has 1 aromatic rings. The minimum Gasteiger partial charge on any atom is -0.355 e. The molecule has 0 fully saturated rings. The van der Waals surface area contributed by atoms with Crippen LogP contribution in [0.25, 0.3) is 0 Å². The van der Waals surface area contributed by atoms with Crippen molar-refractivity contribution < 1.29 is 18.0 Å². The predicted molar refractivity (Wildman–Crippen MR) is 87.6 cm³/mol. The molecular formula is C15H23N3O4S. The fourth-order valence-corrected chi connectivity index (χ4v) is 2.62. The van der Waals surface area contributed by atoms with E-state index in [1.165, 1.54) is 38.4 Å². The Morgan fingerprint density at radius 2 is 1.70 bits per heavy atom. The maximum Gasteiger partial charge on any atom is 0.251 e. The van der Waals surface area contributed by atoms with Crippen LogP contribution < -0.4 is 10.6 Å². The molecule has 0 unspecified atom stereocenters. The topological polar surface area (TPSA) is 95.6 Å². The van der Waals surface area contributed by atoms with Gasteiger partial charge in [0.2, 0.25) is 15.9 Å². The zero-order chi connectivity index (χ0) is 17.5. The summed E-state index contributed by atoms with van der Waals surface area (Å²) in [7, 11) is -0.645. The SMILES string of the molecule is CCCCNC(=O)CNC(=O)c1ccc(S(=O)(=O)N(C)C)cc1. The Bertz CT molecular complexity index is 639. The van der Waals surface area contributed by atoms with Gasteiger partial charge >= 0.3 is 0 Å². The molecule has 0 spiro atoms. The lowest BCUT2D eigenvalue weighted by Crippen LogP contribution is -2.37. The highest BCUT2D eigenvalue weighted by molar-refractivity contribution is 7.89. The van der Waals surface area contributed by atoms with Gasteiger partial charge in [-0.25, -0.2) is 12.7 Å². The molecule has 0 aromatic heterocycles. The largest absolute Gasteiger partial charge is 0.355 e. The first-order valence-corrected chi connectivity index (χ1v) is 8.80. The molecule has 0 aliphatic carbocycles. The van der Waals surface area contributed by atoms with Crippen LogP contribution in [0.15, 0.2) is 29.2 Å². The maximum atomic E-state index is 11.9. The number of carbonyl (C=O) groups is 2. The van der Waals surface area contributed by atoms with E-state index in [-0.39, 0.29) is 17.3 Å². The zero-order valence-corrected chi connectivity index (χ0v) is 14.4. The lowest BCUT2D eigenvalue weighted by atomic mass is 10.2. The highest BCUT2D eigenvalue weighted by atomic mass is 32.2. The monoisotopic (exact) mass is 341 g/mol. The van der Waals surface area contributed by atoms with Crippen molar-refractivity contribution >= 4 is 21.8 Å². The molecule has 23 heavy (non-hydrogen) atoms. The van der Waals surface area contributed by atoms with Gasteiger partial charge in [0.15, 0.2) is 0 Å². The van der Waals surface area contributed by atoms with Crippen LogP contribution >= 0.6 is 0 Å². The maximum absolute atomic E-state index is 11.9. The summed E-state index contributed by atoms with van der Waals surface area (Å²) in [6.07, 6.45) is 1.87. The van der Waals surface area contributed by atoms with Crippen LogP contribution in [0, 0.1) is 0 Å². The third-order valence-corrected chi connectivity index (χ3v) is 4.99. The molecule has 0 radical (unpaired) electrons. The number of hydrogen-bond donors (Lipinski definition) is 2. The van der Waals surface area contributed by atoms with Gasteiger partial charge in [-0.1, -0.05) is 13.3 Å². The minimum absolute atomic E-state index is 0.108. The number of rotatable bonds is 8. The van der Waals surface area contributed by atoms with Gasteiger partial charge in [0.1, 0.15) is 0 Å². The van der Waals surface area contributed by atoms with Crippen LogP contribution in [0.5, 0.6) is 0 Å². The number of unbranched alkanes of at least 4 members (excludes halogenated alkanes) is 1. The van der Waals surface area contributed by atoms with Crippen LogP contribution in [-0.4, -0.2) is 51.7 Å². The number of carbonyl (C=O) groups excluding carboxylic acids is 2. The highest BCUT2D eigenvalue weighted by Crippen LogP contribution is 2.13. The number of nitrogens with one attached hydrogen (secondary N) is 2. The molecule has 0 atom stereocenters. The first kappa shape index (κ1) is 19.1. The van der Waals surface area contributed by atoms with E-state index < -0.39 is 15.9 Å². The normalized spacial score (nSPS) is 11.3. The molecule has 0 aliphatic heterocycles. The van der Waals surface area contributed by atoms with E-state index in [2.05, 4.69) is 10.6 Å². The first-order chi connectivity index (χ1) is 10.8. The second-order valence-electron chi connectivity index (χ2n) is 5.20. The molecule has 8 heteroatoms. The Morgan fingerprint density at radius 1 is 1.09 bits per heavy atom. The van der Waals surface area contributed by atoms with Gasteiger partial charge in [0.05, 0.1) is 11.4 Å². The van der Waals surface area contributed by atoms with E-state index in [0.29, 0.717) is 12.1 Å². The van der Waals surface area contributed by atoms with E-state index in [1.807, 2.05) is 6.92 Å². The number of benzene rings is 1. The van der Waals surface area contributed by atoms with Crippen molar-refractivity contribution in [1.29, 1.82) is 0 Å². The molecule has 0 saturated heterocycles. The lowest BCUT2D eigenvalue weighted by molar-refractivity contribution is -0.120. The summed E-state index contributed by atoms with van der Waals surface area (Å²) in [6.45, 7) is 2.50. The Morgan fingerprint density at radius 3 is 2.22 bits per heavy atom. The summed E-state index contributed by atoms with van der Waals surface area (Å²) in [5.74, 6) is -0.678. The second-order valence-corrected chi connectivity index (χ2v) is 7.35. The number of nitrogens with zero attached hydrogens (tertiary/aromatic N) is 1. The van der Waals surface area contributed by atoms with E-state index in [9.17, 15) is 18.0 Å². The van der Waals surface area contributed by atoms with Gasteiger partial charge in [-0.15, -0.1) is 0 Å². The summed E-state index contributed by atoms with van der Waals surface area (Å²) in [6, 6.07) is 5.57. The third-order valence-electron chi connectivity index (χ3n) is 3.16. The number of amides is 2. The van der Waals surface area contributed by atoms with Gasteiger partial charge < -0.3 is 10.6 Å². The summed E-state index contributed by atoms with van der Waals surface area (Å²) < 4.78 is 25.0. The van der Waals surface area contributed by atoms with E-state index in [0.717, 1.165) is 17.1 Å². The average Bonchev–Trinajstić information content (AvgIpc) is 2.52. The zero-order valence-electron chi connectivity index (χ0n) is 13.6. The third kappa shape index (κ3) is 5.65. The van der Waals surface area contributed by atoms with Crippen LogP contribution in [0.1, 0.15) is 30.1 Å². The van der Waals surface area contributed by atoms with Crippen molar-refractivity contribution in [3.63, 3.8) is 0 Å². The average molecular weight is 341 g/mol. The summed E-state index contributed by atoms with van der Waals surface area (Å²) in [5.41, 5.74) is 0.295. The van der Waals surface area contributed by atoms with Crippen molar-refractivity contribution in [2.24, 2.45) is 0 Å². The minimum atomic E-state index is -3.52. The van der Waals surface area contributed by atoms with Crippen LogP contribution in [0.2, 0.25) is 0 Å². The fraction of sp³-hybridized carbons (Fsp3) is 0.467. The highest BCUT2D eigenvalue weighted by Gasteiger charge is 2.17. The van der Waals surface area contributed by atoms with Crippen LogP contribution in [0.3, 0.4) is 0 Å². The quantitative estimate of drug-likeness (QED) is 0.676. The Kier molecular flexibility index (Phi) is 7.18. The van der Waals surface area contributed by atoms with Crippen molar-refractivity contribution in [2.45, 2.75) is 24.7 Å². The molecule has 0 heterocycles. The second kappa shape index (κ2) is 8.64. The van der Waals surface area contributed by atoms with Crippen molar-refractivity contribution in [3.05, 3.63) is 29.8 Å². The molecule has 1 rings (SSSR count). The van der Waals surface area contributed by atoms with Gasteiger partial charge in [0, 0.05) is 26.2 Å². The van der Waals surface area contributed by atoms with E-state index in [1.54, 1.807) is 0 Å². The number of hydrogen-bond acceptors (Lipinski definition) is 4. The van der Waals surface area contributed by atoms with Gasteiger partial charge in [-0.05, 0) is 30.7 Å². The van der Waals surface area contributed by atoms with Crippen LogP contribution in [-0.2, 0) is 14.8 Å². The molecular weight excluding hydrogens is 318 g/mol. The van der Waals surface area contributed by atoms with Gasteiger partial charge in [-0.2, -0.15) is 0 Å². The molecule has 2 N–H and O–H groups in total. The molecule has 128 valence electrons. The smallest absolute Gasteiger partial charge is 0.251 e. The van der Waals surface area contributed by atoms with E-state index >= 15 is 0 Å². The van der Waals surface area contributed by atoms with Gasteiger partial charge in [-0.3, -0.25) is 9.59 Å². The Hall–Kier alpha value is -1.93. The summed E-state index contributed by atoms with van der Waals surface area (Å²) in [4.78, 5) is 23.5. The fourth-order valence-electron chi connectivity index (χ4n) is 1.72. The van der Waals surface area contributed by atoms with Crippen molar-refractivity contribution in [3.8, 4) is 0 Å². The lowest BCUT2D eigenvalue weighted by Gasteiger charge is -2.11. The molecule has 0 aliphatic rings. The molecule has 2 amide bonds. The molecule has 0 saturated carbocycles. The molecule has 0 bridgehead atoms. The summed E-state index contributed by atoms with van der Waals surface area (Å²) >= 11 is 0. The first-order valence-electron chi connectivity index (χ1n) is 7.36. The predicted octanol–water partition coefficient (Wildman–Crippen LogP) is 0.583. The standard InChI is InChI=1S/C15H23N3O4S/c1-4-5-10-16-14(19)11-17-15(20)12-6-8-13(9-7-12)23(21,22)18(2)3/h6-9H,4-5,10-11H2,1-3H3,(H,16,19)(H,17,20). The molecule has 1 aromatic carbocycles. The van der Waals surface area contributed by atoms with Crippen molar-refractivity contribution in [2.75, 3.05) is 27.2 Å². The molecule has 7 nitrogen and oxygen atoms in total. The number of sulfonamides is 1. The Balaban J connectivity index is 2.60. The Labute approximate surface area is 137 Å². The van der Waals surface area contributed by atoms with Gasteiger partial charge in [0.25, 0.3) is 5.91 Å².